The van der Waals surface area contributed by atoms with Crippen LogP contribution in [0, 0.1) is 0 Å². The summed E-state index contributed by atoms with van der Waals surface area (Å²) in [6.45, 7) is 3.05. The Kier molecular flexibility index (Phi) is 7.33. The number of halogens is 1. The number of hydrogen-bond acceptors (Lipinski definition) is 4. The molecule has 6 nitrogen and oxygen atoms in total. The molecule has 0 amide bonds. The van der Waals surface area contributed by atoms with E-state index in [2.05, 4.69) is 10.3 Å². The van der Waals surface area contributed by atoms with Gasteiger partial charge in [0.1, 0.15) is 0 Å². The average Bonchev–Trinajstić information content (AvgIpc) is 2.88. The molecule has 2 heterocycles. The first-order chi connectivity index (χ1) is 8.68. The second-order valence-electron chi connectivity index (χ2n) is 5.05. The van der Waals surface area contributed by atoms with E-state index < -0.39 is 5.60 Å². The Morgan fingerprint density at radius 1 is 1.37 bits per heavy atom. The van der Waals surface area contributed by atoms with Crippen LogP contribution in [-0.2, 0) is 9.47 Å². The molecular weight excluding hydrogens is 361 g/mol. The van der Waals surface area contributed by atoms with Gasteiger partial charge in [-0.2, -0.15) is 0 Å². The SMILES string of the molecule is I.NC(=NCC1(O)CCOCC1)NCC1CCCO1. The molecule has 0 saturated carbocycles. The Morgan fingerprint density at radius 2 is 2.11 bits per heavy atom. The van der Waals surface area contributed by atoms with Crippen molar-refractivity contribution in [3.63, 3.8) is 0 Å². The van der Waals surface area contributed by atoms with E-state index in [-0.39, 0.29) is 30.1 Å². The van der Waals surface area contributed by atoms with Gasteiger partial charge in [0.2, 0.25) is 0 Å². The van der Waals surface area contributed by atoms with Crippen molar-refractivity contribution in [2.45, 2.75) is 37.4 Å². The Balaban J connectivity index is 0.00000180. The molecule has 4 N–H and O–H groups in total. The number of nitrogens with two attached hydrogens (primary N) is 1. The Bertz CT molecular complexity index is 290. The minimum atomic E-state index is -0.756. The fourth-order valence-corrected chi connectivity index (χ4v) is 2.22. The largest absolute Gasteiger partial charge is 0.388 e. The lowest BCUT2D eigenvalue weighted by atomic mass is 9.95. The zero-order chi connectivity index (χ0) is 12.8. The molecule has 1 unspecified atom stereocenters. The van der Waals surface area contributed by atoms with E-state index in [0.29, 0.717) is 45.1 Å². The molecule has 1 atom stereocenters. The molecule has 112 valence electrons. The van der Waals surface area contributed by atoms with Crippen LogP contribution in [0.5, 0.6) is 0 Å². The normalized spacial score (nSPS) is 26.8. The van der Waals surface area contributed by atoms with Gasteiger partial charge in [-0.25, -0.2) is 0 Å². The van der Waals surface area contributed by atoms with E-state index >= 15 is 0 Å². The lowest BCUT2D eigenvalue weighted by Gasteiger charge is -2.30. The predicted molar refractivity (Wildman–Crippen MR) is 83.9 cm³/mol. The van der Waals surface area contributed by atoms with Crippen molar-refractivity contribution in [3.05, 3.63) is 0 Å². The van der Waals surface area contributed by atoms with E-state index in [1.54, 1.807) is 0 Å². The lowest BCUT2D eigenvalue weighted by molar-refractivity contribution is -0.0565. The number of ether oxygens (including phenoxy) is 2. The lowest BCUT2D eigenvalue weighted by Crippen LogP contribution is -2.42. The zero-order valence-corrected chi connectivity index (χ0v) is 13.5. The number of rotatable bonds is 4. The smallest absolute Gasteiger partial charge is 0.188 e. The number of aliphatic hydroxyl groups is 1. The van der Waals surface area contributed by atoms with Gasteiger partial charge in [0.15, 0.2) is 5.96 Å². The first kappa shape index (κ1) is 16.9. The van der Waals surface area contributed by atoms with Crippen LogP contribution < -0.4 is 11.1 Å². The van der Waals surface area contributed by atoms with Gasteiger partial charge in [-0.1, -0.05) is 0 Å². The quantitative estimate of drug-likeness (QED) is 0.366. The van der Waals surface area contributed by atoms with Crippen molar-refractivity contribution in [2.24, 2.45) is 10.7 Å². The maximum Gasteiger partial charge on any atom is 0.188 e. The second-order valence-corrected chi connectivity index (χ2v) is 5.05. The van der Waals surface area contributed by atoms with Crippen LogP contribution in [0.1, 0.15) is 25.7 Å². The van der Waals surface area contributed by atoms with Crippen LogP contribution in [0.3, 0.4) is 0 Å². The van der Waals surface area contributed by atoms with Crippen molar-refractivity contribution in [1.82, 2.24) is 5.32 Å². The van der Waals surface area contributed by atoms with Gasteiger partial charge in [-0.05, 0) is 12.8 Å². The third-order valence-corrected chi connectivity index (χ3v) is 3.50. The van der Waals surface area contributed by atoms with Crippen LogP contribution in [0.4, 0.5) is 0 Å². The highest BCUT2D eigenvalue weighted by molar-refractivity contribution is 14.0. The second kappa shape index (κ2) is 8.23. The maximum atomic E-state index is 10.2. The number of nitrogens with one attached hydrogen (secondary N) is 1. The van der Waals surface area contributed by atoms with Gasteiger partial charge in [0.25, 0.3) is 0 Å². The molecule has 2 fully saturated rings. The average molecular weight is 385 g/mol. The molecule has 0 aromatic carbocycles. The van der Waals surface area contributed by atoms with Crippen molar-refractivity contribution < 1.29 is 14.6 Å². The van der Waals surface area contributed by atoms with Crippen LogP contribution in [0.2, 0.25) is 0 Å². The van der Waals surface area contributed by atoms with Crippen LogP contribution in [0.15, 0.2) is 4.99 Å². The van der Waals surface area contributed by atoms with Crippen molar-refractivity contribution in [2.75, 3.05) is 32.9 Å². The van der Waals surface area contributed by atoms with Crippen molar-refractivity contribution in [1.29, 1.82) is 0 Å². The Hall–Kier alpha value is -0.120. The van der Waals surface area contributed by atoms with Gasteiger partial charge >= 0.3 is 0 Å². The standard InChI is InChI=1S/C12H23N3O3.HI/c13-11(14-8-10-2-1-5-18-10)15-9-12(16)3-6-17-7-4-12;/h10,16H,1-9H2,(H3,13,14,15);1H. The Labute approximate surface area is 131 Å². The highest BCUT2D eigenvalue weighted by Gasteiger charge is 2.29. The van der Waals surface area contributed by atoms with E-state index in [4.69, 9.17) is 15.2 Å². The van der Waals surface area contributed by atoms with E-state index in [9.17, 15) is 5.11 Å². The summed E-state index contributed by atoms with van der Waals surface area (Å²) in [5.41, 5.74) is 5.01. The number of hydrogen-bond donors (Lipinski definition) is 3. The summed E-state index contributed by atoms with van der Waals surface area (Å²) in [7, 11) is 0. The summed E-state index contributed by atoms with van der Waals surface area (Å²) in [4.78, 5) is 4.20. The zero-order valence-electron chi connectivity index (χ0n) is 11.1. The Morgan fingerprint density at radius 3 is 2.74 bits per heavy atom. The van der Waals surface area contributed by atoms with Crippen molar-refractivity contribution >= 4 is 29.9 Å². The van der Waals surface area contributed by atoms with Crippen LogP contribution in [0.25, 0.3) is 0 Å². The van der Waals surface area contributed by atoms with Gasteiger partial charge in [0, 0.05) is 39.2 Å². The third kappa shape index (κ3) is 5.80. The molecule has 0 aromatic rings. The van der Waals surface area contributed by atoms with Crippen LogP contribution in [-0.4, -0.2) is 55.7 Å². The fourth-order valence-electron chi connectivity index (χ4n) is 2.22. The molecule has 0 spiro atoms. The van der Waals surface area contributed by atoms with E-state index in [1.807, 2.05) is 0 Å². The van der Waals surface area contributed by atoms with Gasteiger partial charge < -0.3 is 25.6 Å². The fraction of sp³-hybridized carbons (Fsp3) is 0.917. The van der Waals surface area contributed by atoms with Crippen molar-refractivity contribution in [3.8, 4) is 0 Å². The van der Waals surface area contributed by atoms with E-state index in [1.165, 1.54) is 0 Å². The van der Waals surface area contributed by atoms with E-state index in [0.717, 1.165) is 19.4 Å². The molecule has 2 aliphatic rings. The molecule has 2 aliphatic heterocycles. The topological polar surface area (TPSA) is 89.1 Å². The highest BCUT2D eigenvalue weighted by Crippen LogP contribution is 2.20. The number of guanidine groups is 1. The molecule has 0 aliphatic carbocycles. The van der Waals surface area contributed by atoms with Gasteiger partial charge in [0.05, 0.1) is 18.2 Å². The molecule has 2 rings (SSSR count). The minimum absolute atomic E-state index is 0. The number of nitrogens with zero attached hydrogens (tertiary/aromatic N) is 1. The summed E-state index contributed by atoms with van der Waals surface area (Å²) < 4.78 is 10.7. The molecular formula is C12H24IN3O3. The molecule has 0 bridgehead atoms. The summed E-state index contributed by atoms with van der Waals surface area (Å²) in [5.74, 6) is 0.380. The van der Waals surface area contributed by atoms with Gasteiger partial charge in [-0.3, -0.25) is 4.99 Å². The molecule has 2 saturated heterocycles. The summed E-state index contributed by atoms with van der Waals surface area (Å²) >= 11 is 0. The summed E-state index contributed by atoms with van der Waals surface area (Å²) in [5, 5.41) is 13.2. The molecule has 7 heteroatoms. The van der Waals surface area contributed by atoms with Gasteiger partial charge in [-0.15, -0.1) is 24.0 Å². The molecule has 0 radical (unpaired) electrons. The number of aliphatic imine (C=N–C) groups is 1. The first-order valence-corrected chi connectivity index (χ1v) is 6.63. The maximum absolute atomic E-state index is 10.2. The summed E-state index contributed by atoms with van der Waals surface area (Å²) in [6.07, 6.45) is 3.67. The first-order valence-electron chi connectivity index (χ1n) is 6.63. The predicted octanol–water partition coefficient (Wildman–Crippen LogP) is 0.229. The molecule has 0 aromatic heterocycles. The highest BCUT2D eigenvalue weighted by atomic mass is 127. The summed E-state index contributed by atoms with van der Waals surface area (Å²) in [6, 6.07) is 0. The minimum Gasteiger partial charge on any atom is -0.388 e. The van der Waals surface area contributed by atoms with Crippen LogP contribution >= 0.6 is 24.0 Å². The monoisotopic (exact) mass is 385 g/mol. The molecule has 19 heavy (non-hydrogen) atoms. The third-order valence-electron chi connectivity index (χ3n) is 3.50.